The Hall–Kier alpha value is -2.82. The van der Waals surface area contributed by atoms with Crippen molar-refractivity contribution in [3.8, 4) is 11.5 Å². The molecule has 0 radical (unpaired) electrons. The highest BCUT2D eigenvalue weighted by atomic mass is 32.2. The van der Waals surface area contributed by atoms with Gasteiger partial charge in [-0.25, -0.2) is 0 Å². The lowest BCUT2D eigenvalue weighted by Gasteiger charge is -2.28. The van der Waals surface area contributed by atoms with Gasteiger partial charge in [0.25, 0.3) is 5.91 Å². The van der Waals surface area contributed by atoms with Crippen molar-refractivity contribution < 1.29 is 18.0 Å². The molecule has 11 heteroatoms. The summed E-state index contributed by atoms with van der Waals surface area (Å²) in [4.78, 5) is 14.4. The number of thioether (sulfide) groups is 1. The molecule has 7 nitrogen and oxygen atoms in total. The number of nitrogens with zero attached hydrogens (tertiary/aromatic N) is 6. The van der Waals surface area contributed by atoms with Crippen LogP contribution in [0.25, 0.3) is 11.5 Å². The van der Waals surface area contributed by atoms with Crippen LogP contribution >= 0.6 is 11.8 Å². The van der Waals surface area contributed by atoms with E-state index in [1.165, 1.54) is 34.9 Å². The Morgan fingerprint density at radius 1 is 1.17 bits per heavy atom. The Balaban J connectivity index is 1.71. The first-order chi connectivity index (χ1) is 14.2. The number of carbonyl (C=O) groups excluding carboxylic acids is 1. The van der Waals surface area contributed by atoms with Gasteiger partial charge in [0.1, 0.15) is 5.69 Å². The zero-order chi connectivity index (χ0) is 21.6. The molecular formula is C19H19F3N6OS. The highest BCUT2D eigenvalue weighted by Gasteiger charge is 2.37. The predicted octanol–water partition coefficient (Wildman–Crippen LogP) is 3.15. The molecule has 0 bridgehead atoms. The van der Waals surface area contributed by atoms with Crippen molar-refractivity contribution in [2.24, 2.45) is 14.1 Å². The monoisotopic (exact) mass is 436 g/mol. The summed E-state index contributed by atoms with van der Waals surface area (Å²) in [6.07, 6.45) is -2.22. The first-order valence-corrected chi connectivity index (χ1v) is 10.4. The molecule has 0 saturated carbocycles. The number of rotatable bonds is 3. The Bertz CT molecular complexity index is 1120. The molecule has 0 spiro atoms. The average Bonchev–Trinajstić information content (AvgIpc) is 3.25. The van der Waals surface area contributed by atoms with Crippen molar-refractivity contribution in [1.29, 1.82) is 0 Å². The van der Waals surface area contributed by atoms with Crippen LogP contribution in [0.1, 0.15) is 27.2 Å². The normalized spacial score (nSPS) is 14.1. The summed E-state index contributed by atoms with van der Waals surface area (Å²) in [7, 11) is 3.64. The van der Waals surface area contributed by atoms with Crippen molar-refractivity contribution in [3.63, 3.8) is 0 Å². The molecule has 0 fully saturated rings. The molecular weight excluding hydrogens is 417 g/mol. The lowest BCUT2D eigenvalue weighted by Crippen LogP contribution is -2.37. The van der Waals surface area contributed by atoms with Gasteiger partial charge in [-0.15, -0.1) is 10.2 Å². The minimum absolute atomic E-state index is 0.158. The molecule has 3 aromatic rings. The molecule has 0 saturated heterocycles. The van der Waals surface area contributed by atoms with E-state index in [1.807, 2.05) is 24.9 Å². The molecule has 2 aromatic heterocycles. The fourth-order valence-corrected chi connectivity index (χ4v) is 4.21. The van der Waals surface area contributed by atoms with Crippen molar-refractivity contribution in [3.05, 3.63) is 46.6 Å². The van der Waals surface area contributed by atoms with Crippen LogP contribution in [0.15, 0.2) is 29.4 Å². The third kappa shape index (κ3) is 3.36. The first kappa shape index (κ1) is 20.5. The summed E-state index contributed by atoms with van der Waals surface area (Å²) >= 11 is 1.45. The third-order valence-electron chi connectivity index (χ3n) is 5.22. The zero-order valence-corrected chi connectivity index (χ0v) is 17.4. The second kappa shape index (κ2) is 7.46. The number of fused-ring (bicyclic) bond motifs is 1. The first-order valence-electron chi connectivity index (χ1n) is 9.16. The number of halogens is 3. The Morgan fingerprint density at radius 2 is 1.90 bits per heavy atom. The van der Waals surface area contributed by atoms with Gasteiger partial charge in [-0.3, -0.25) is 9.48 Å². The van der Waals surface area contributed by atoms with E-state index in [4.69, 9.17) is 0 Å². The number of amides is 1. The minimum atomic E-state index is -4.60. The fraction of sp³-hybridized carbons (Fsp3) is 0.368. The van der Waals surface area contributed by atoms with Crippen LogP contribution in [0.3, 0.4) is 0 Å². The number of hydrogen-bond donors (Lipinski definition) is 0. The van der Waals surface area contributed by atoms with Gasteiger partial charge in [0.2, 0.25) is 0 Å². The Morgan fingerprint density at radius 3 is 2.57 bits per heavy atom. The molecule has 3 heterocycles. The lowest BCUT2D eigenvalue weighted by atomic mass is 10.0. The molecule has 30 heavy (non-hydrogen) atoms. The molecule has 4 rings (SSSR count). The SMILES string of the molecule is CSc1nnc(-c2nn(C)c3c2CN(C(=O)c2ccccc2C(F)(F)F)CC3)n1C. The molecule has 158 valence electrons. The zero-order valence-electron chi connectivity index (χ0n) is 16.6. The average molecular weight is 436 g/mol. The Kier molecular flexibility index (Phi) is 5.08. The highest BCUT2D eigenvalue weighted by Crippen LogP contribution is 2.34. The molecule has 0 unspecified atom stereocenters. The fourth-order valence-electron chi connectivity index (χ4n) is 3.73. The molecule has 1 aliphatic rings. The number of alkyl halides is 3. The van der Waals surface area contributed by atoms with E-state index in [0.29, 0.717) is 29.6 Å². The maximum absolute atomic E-state index is 13.4. The maximum atomic E-state index is 13.4. The van der Waals surface area contributed by atoms with Crippen LogP contribution in [0.4, 0.5) is 13.2 Å². The quantitative estimate of drug-likeness (QED) is 0.590. The predicted molar refractivity (Wildman–Crippen MR) is 105 cm³/mol. The van der Waals surface area contributed by atoms with Crippen LogP contribution in [-0.4, -0.2) is 48.2 Å². The van der Waals surface area contributed by atoms with Crippen molar-refractivity contribution in [2.45, 2.75) is 24.3 Å². The summed E-state index contributed by atoms with van der Waals surface area (Å²) in [5.41, 5.74) is 1.04. The van der Waals surface area contributed by atoms with E-state index in [9.17, 15) is 18.0 Å². The van der Waals surface area contributed by atoms with Gasteiger partial charge >= 0.3 is 6.18 Å². The topological polar surface area (TPSA) is 68.8 Å². The highest BCUT2D eigenvalue weighted by molar-refractivity contribution is 7.98. The van der Waals surface area contributed by atoms with Gasteiger partial charge in [-0.05, 0) is 18.4 Å². The van der Waals surface area contributed by atoms with E-state index in [1.54, 1.807) is 4.68 Å². The van der Waals surface area contributed by atoms with Crippen molar-refractivity contribution in [1.82, 2.24) is 29.4 Å². The van der Waals surface area contributed by atoms with E-state index < -0.39 is 17.6 Å². The van der Waals surface area contributed by atoms with Crippen LogP contribution in [-0.2, 0) is 33.2 Å². The second-order valence-electron chi connectivity index (χ2n) is 6.99. The summed E-state index contributed by atoms with van der Waals surface area (Å²) < 4.78 is 43.7. The van der Waals surface area contributed by atoms with Gasteiger partial charge < -0.3 is 9.47 Å². The van der Waals surface area contributed by atoms with Gasteiger partial charge in [0, 0.05) is 38.3 Å². The molecule has 0 atom stereocenters. The van der Waals surface area contributed by atoms with Crippen LogP contribution in [0.2, 0.25) is 0 Å². The van der Waals surface area contributed by atoms with Gasteiger partial charge in [-0.2, -0.15) is 18.3 Å². The van der Waals surface area contributed by atoms with E-state index in [0.717, 1.165) is 17.3 Å². The van der Waals surface area contributed by atoms with Gasteiger partial charge in [0.15, 0.2) is 11.0 Å². The molecule has 1 aromatic carbocycles. The minimum Gasteiger partial charge on any atom is -0.334 e. The summed E-state index contributed by atoms with van der Waals surface area (Å²) in [5.74, 6) is -0.0904. The maximum Gasteiger partial charge on any atom is 0.417 e. The molecule has 1 amide bonds. The van der Waals surface area contributed by atoms with E-state index in [-0.39, 0.29) is 12.1 Å². The summed E-state index contributed by atoms with van der Waals surface area (Å²) in [6, 6.07) is 4.88. The number of benzene rings is 1. The summed E-state index contributed by atoms with van der Waals surface area (Å²) in [5, 5.41) is 13.6. The molecule has 1 aliphatic heterocycles. The third-order valence-corrected chi connectivity index (χ3v) is 5.94. The van der Waals surface area contributed by atoms with Gasteiger partial charge in [0.05, 0.1) is 17.7 Å². The van der Waals surface area contributed by atoms with Crippen molar-refractivity contribution in [2.75, 3.05) is 12.8 Å². The standard InChI is InChI=1S/C19H19F3N6OS/c1-26-16(23-24-18(26)30-3)15-12-10-28(9-8-14(12)27(2)25-15)17(29)11-6-4-5-7-13(11)19(20,21)22/h4-7H,8-10H2,1-3H3. The number of aromatic nitrogens is 5. The molecule has 0 N–H and O–H groups in total. The van der Waals surface area contributed by atoms with E-state index >= 15 is 0 Å². The van der Waals surface area contributed by atoms with Crippen LogP contribution < -0.4 is 0 Å². The van der Waals surface area contributed by atoms with Crippen LogP contribution in [0.5, 0.6) is 0 Å². The van der Waals surface area contributed by atoms with E-state index in [2.05, 4.69) is 15.3 Å². The summed E-state index contributed by atoms with van der Waals surface area (Å²) in [6.45, 7) is 0.469. The lowest BCUT2D eigenvalue weighted by molar-refractivity contribution is -0.138. The number of carbonyl (C=O) groups is 1. The molecule has 0 aliphatic carbocycles. The largest absolute Gasteiger partial charge is 0.417 e. The van der Waals surface area contributed by atoms with Crippen LogP contribution in [0, 0.1) is 0 Å². The number of hydrogen-bond acceptors (Lipinski definition) is 5. The van der Waals surface area contributed by atoms with Gasteiger partial charge in [-0.1, -0.05) is 23.9 Å². The number of aryl methyl sites for hydroxylation is 1. The second-order valence-corrected chi connectivity index (χ2v) is 7.76. The Labute approximate surface area is 174 Å². The van der Waals surface area contributed by atoms with Crippen molar-refractivity contribution >= 4 is 17.7 Å². The smallest absolute Gasteiger partial charge is 0.334 e.